The minimum Gasteiger partial charge on any atom is -0.459 e. The normalized spacial score (nSPS) is 17.6. The van der Waals surface area contributed by atoms with Crippen LogP contribution in [0.3, 0.4) is 0 Å². The van der Waals surface area contributed by atoms with Crippen LogP contribution >= 0.6 is 11.6 Å². The molecule has 0 bridgehead atoms. The van der Waals surface area contributed by atoms with E-state index in [0.29, 0.717) is 24.7 Å². The number of halogens is 1. The lowest BCUT2D eigenvalue weighted by Gasteiger charge is -2.35. The predicted octanol–water partition coefficient (Wildman–Crippen LogP) is 2.80. The van der Waals surface area contributed by atoms with Gasteiger partial charge in [0.05, 0.1) is 19.6 Å². The number of nitrogens with zero attached hydrogens (tertiary/aromatic N) is 4. The number of carbonyl (C=O) groups is 2. The van der Waals surface area contributed by atoms with E-state index >= 15 is 0 Å². The fraction of sp³-hybridized carbons (Fsp3) is 0.500. The van der Waals surface area contributed by atoms with Crippen LogP contribution in [0.15, 0.2) is 40.8 Å². The average Bonchev–Trinajstić information content (AvgIpc) is 3.48. The summed E-state index contributed by atoms with van der Waals surface area (Å²) in [6, 6.07) is 11.3. The zero-order valence-corrected chi connectivity index (χ0v) is 19.4. The first-order chi connectivity index (χ1) is 15.5. The molecule has 0 spiro atoms. The van der Waals surface area contributed by atoms with Gasteiger partial charge in [-0.2, -0.15) is 0 Å². The molecule has 3 heterocycles. The summed E-state index contributed by atoms with van der Waals surface area (Å²) in [6.07, 6.45) is 2.24. The van der Waals surface area contributed by atoms with Crippen LogP contribution in [0.1, 0.15) is 18.6 Å². The van der Waals surface area contributed by atoms with Gasteiger partial charge >= 0.3 is 0 Å². The first kappa shape index (κ1) is 22.8. The van der Waals surface area contributed by atoms with Crippen LogP contribution in [0.25, 0.3) is 11.3 Å². The summed E-state index contributed by atoms with van der Waals surface area (Å²) in [6.45, 7) is 6.34. The molecule has 172 valence electrons. The number of benzene rings is 1. The Balaban J connectivity index is 1.20. The van der Waals surface area contributed by atoms with Gasteiger partial charge in [0.25, 0.3) is 0 Å². The summed E-state index contributed by atoms with van der Waals surface area (Å²) in [7, 11) is 1.80. The highest BCUT2D eigenvalue weighted by Crippen LogP contribution is 2.24. The maximum atomic E-state index is 12.7. The average molecular weight is 459 g/mol. The van der Waals surface area contributed by atoms with Crippen molar-refractivity contribution >= 4 is 23.4 Å². The van der Waals surface area contributed by atoms with Crippen LogP contribution in [-0.4, -0.2) is 90.8 Å². The standard InChI is InChI=1S/C24H31ClN4O3/c1-26(16-21-8-9-22(32-21)19-4-6-20(25)7-5-19)23(30)17-27-12-14-28(15-13-27)18-24(31)29-10-2-3-11-29/h4-9H,2-3,10-18H2,1H3. The van der Waals surface area contributed by atoms with Gasteiger partial charge in [-0.1, -0.05) is 11.6 Å². The van der Waals surface area contributed by atoms with Gasteiger partial charge in [-0.3, -0.25) is 19.4 Å². The minimum atomic E-state index is 0.0658. The third-order valence-electron chi connectivity index (χ3n) is 6.25. The van der Waals surface area contributed by atoms with Crippen molar-refractivity contribution < 1.29 is 14.0 Å². The van der Waals surface area contributed by atoms with Crippen molar-refractivity contribution in [2.45, 2.75) is 19.4 Å². The Kier molecular flexibility index (Phi) is 7.50. The van der Waals surface area contributed by atoms with Gasteiger partial charge in [0.1, 0.15) is 11.5 Å². The van der Waals surface area contributed by atoms with Crippen molar-refractivity contribution in [1.82, 2.24) is 19.6 Å². The van der Waals surface area contributed by atoms with Crippen molar-refractivity contribution in [3.8, 4) is 11.3 Å². The lowest BCUT2D eigenvalue weighted by molar-refractivity contribution is -0.134. The number of carbonyl (C=O) groups excluding carboxylic acids is 2. The van der Waals surface area contributed by atoms with Gasteiger partial charge in [0.15, 0.2) is 0 Å². The zero-order valence-electron chi connectivity index (χ0n) is 18.6. The number of amides is 2. The van der Waals surface area contributed by atoms with Gasteiger partial charge in [-0.05, 0) is 49.2 Å². The zero-order chi connectivity index (χ0) is 22.5. The third-order valence-corrected chi connectivity index (χ3v) is 6.50. The number of piperazine rings is 1. The predicted molar refractivity (Wildman–Crippen MR) is 124 cm³/mol. The minimum absolute atomic E-state index is 0.0658. The molecule has 0 aliphatic carbocycles. The molecule has 0 atom stereocenters. The molecular formula is C24H31ClN4O3. The molecule has 8 heteroatoms. The molecule has 2 amide bonds. The quantitative estimate of drug-likeness (QED) is 0.638. The van der Waals surface area contributed by atoms with Crippen LogP contribution in [0.5, 0.6) is 0 Å². The van der Waals surface area contributed by atoms with E-state index in [0.717, 1.165) is 69.2 Å². The number of rotatable bonds is 7. The smallest absolute Gasteiger partial charge is 0.236 e. The SMILES string of the molecule is CN(Cc1ccc(-c2ccc(Cl)cc2)o1)C(=O)CN1CCN(CC(=O)N2CCCC2)CC1. The molecule has 2 aromatic rings. The highest BCUT2D eigenvalue weighted by atomic mass is 35.5. The van der Waals surface area contributed by atoms with Crippen LogP contribution in [0, 0.1) is 0 Å². The van der Waals surface area contributed by atoms with E-state index in [1.165, 1.54) is 0 Å². The molecule has 4 rings (SSSR count). The molecule has 1 aromatic heterocycles. The molecular weight excluding hydrogens is 428 g/mol. The second kappa shape index (κ2) is 10.5. The van der Waals surface area contributed by atoms with Crippen LogP contribution in [0.2, 0.25) is 5.02 Å². The first-order valence-electron chi connectivity index (χ1n) is 11.3. The van der Waals surface area contributed by atoms with Crippen molar-refractivity contribution in [2.24, 2.45) is 0 Å². The second-order valence-corrected chi connectivity index (χ2v) is 9.10. The van der Waals surface area contributed by atoms with Gasteiger partial charge in [-0.25, -0.2) is 0 Å². The number of likely N-dealkylation sites (tertiary alicyclic amines) is 1. The molecule has 0 saturated carbocycles. The Hall–Kier alpha value is -2.35. The third kappa shape index (κ3) is 5.91. The number of hydrogen-bond donors (Lipinski definition) is 0. The maximum Gasteiger partial charge on any atom is 0.236 e. The first-order valence-corrected chi connectivity index (χ1v) is 11.7. The molecule has 2 aliphatic heterocycles. The van der Waals surface area contributed by atoms with E-state index in [9.17, 15) is 9.59 Å². The Labute approximate surface area is 194 Å². The van der Waals surface area contributed by atoms with Gasteiger partial charge < -0.3 is 14.2 Å². The van der Waals surface area contributed by atoms with Crippen molar-refractivity contribution in [3.63, 3.8) is 0 Å². The van der Waals surface area contributed by atoms with E-state index in [1.54, 1.807) is 11.9 Å². The highest BCUT2D eigenvalue weighted by Gasteiger charge is 2.25. The number of likely N-dealkylation sites (N-methyl/N-ethyl adjacent to an activating group) is 1. The fourth-order valence-electron chi connectivity index (χ4n) is 4.23. The molecule has 0 N–H and O–H groups in total. The van der Waals surface area contributed by atoms with Crippen molar-refractivity contribution in [1.29, 1.82) is 0 Å². The van der Waals surface area contributed by atoms with E-state index in [4.69, 9.17) is 16.0 Å². The fourth-order valence-corrected chi connectivity index (χ4v) is 4.36. The second-order valence-electron chi connectivity index (χ2n) is 8.66. The summed E-state index contributed by atoms with van der Waals surface area (Å²) >= 11 is 5.95. The molecule has 1 aromatic carbocycles. The van der Waals surface area contributed by atoms with Crippen molar-refractivity contribution in [2.75, 3.05) is 59.4 Å². The Bertz CT molecular complexity index is 916. The highest BCUT2D eigenvalue weighted by molar-refractivity contribution is 6.30. The monoisotopic (exact) mass is 458 g/mol. The van der Waals surface area contributed by atoms with Crippen LogP contribution in [-0.2, 0) is 16.1 Å². The Morgan fingerprint density at radius 3 is 2.19 bits per heavy atom. The molecule has 2 fully saturated rings. The molecule has 0 radical (unpaired) electrons. The lowest BCUT2D eigenvalue weighted by Crippen LogP contribution is -2.51. The summed E-state index contributed by atoms with van der Waals surface area (Å²) in [5, 5.41) is 0.685. The van der Waals surface area contributed by atoms with Crippen LogP contribution < -0.4 is 0 Å². The van der Waals surface area contributed by atoms with E-state index in [-0.39, 0.29) is 11.8 Å². The van der Waals surface area contributed by atoms with Gasteiger partial charge in [0, 0.05) is 56.9 Å². The molecule has 2 saturated heterocycles. The molecule has 7 nitrogen and oxygen atoms in total. The summed E-state index contributed by atoms with van der Waals surface area (Å²) in [5.74, 6) is 1.81. The van der Waals surface area contributed by atoms with E-state index in [2.05, 4.69) is 9.80 Å². The number of furan rings is 1. The summed E-state index contributed by atoms with van der Waals surface area (Å²) < 4.78 is 5.92. The van der Waals surface area contributed by atoms with E-state index in [1.807, 2.05) is 41.3 Å². The number of hydrogen-bond acceptors (Lipinski definition) is 5. The maximum absolute atomic E-state index is 12.7. The summed E-state index contributed by atoms with van der Waals surface area (Å²) in [4.78, 5) is 33.1. The Morgan fingerprint density at radius 2 is 1.53 bits per heavy atom. The van der Waals surface area contributed by atoms with E-state index < -0.39 is 0 Å². The molecule has 32 heavy (non-hydrogen) atoms. The van der Waals surface area contributed by atoms with Gasteiger partial charge in [0.2, 0.25) is 11.8 Å². The van der Waals surface area contributed by atoms with Crippen LogP contribution in [0.4, 0.5) is 0 Å². The Morgan fingerprint density at radius 1 is 0.906 bits per heavy atom. The molecule has 2 aliphatic rings. The summed E-state index contributed by atoms with van der Waals surface area (Å²) in [5.41, 5.74) is 0.954. The molecule has 0 unspecified atom stereocenters. The van der Waals surface area contributed by atoms with Crippen molar-refractivity contribution in [3.05, 3.63) is 47.2 Å². The largest absolute Gasteiger partial charge is 0.459 e. The van der Waals surface area contributed by atoms with Gasteiger partial charge in [-0.15, -0.1) is 0 Å². The topological polar surface area (TPSA) is 60.2 Å². The lowest BCUT2D eigenvalue weighted by atomic mass is 10.2.